The van der Waals surface area contributed by atoms with Gasteiger partial charge in [-0.2, -0.15) is 0 Å². The quantitative estimate of drug-likeness (QED) is 0.272. The number of carbonyl (C=O) groups is 1. The molecule has 1 aromatic rings. The van der Waals surface area contributed by atoms with Crippen LogP contribution in [0.5, 0.6) is 5.75 Å². The fraction of sp³-hybridized carbons (Fsp3) is 0.222. The molecule has 0 aliphatic rings. The molecule has 0 fully saturated rings. The first kappa shape index (κ1) is 21.6. The van der Waals surface area contributed by atoms with Gasteiger partial charge in [-0.15, -0.1) is 20.4 Å². The highest BCUT2D eigenvalue weighted by atomic mass is 16.9. The maximum Gasteiger partial charge on any atom is 0.332 e. The summed E-state index contributed by atoms with van der Waals surface area (Å²) >= 11 is 0. The van der Waals surface area contributed by atoms with E-state index in [1.54, 1.807) is 5.43 Å². The van der Waals surface area contributed by atoms with Crippen molar-refractivity contribution in [3.05, 3.63) is 55.0 Å². The van der Waals surface area contributed by atoms with E-state index >= 15 is 0 Å². The normalized spacial score (nSPS) is 9.74. The first-order chi connectivity index (χ1) is 10.6. The second-order valence-corrected chi connectivity index (χ2v) is 3.47. The van der Waals surface area contributed by atoms with Gasteiger partial charge in [0.15, 0.2) is 16.4 Å². The largest absolute Gasteiger partial charge is 0.508 e. The van der Waals surface area contributed by atoms with Gasteiger partial charge in [0.05, 0.1) is 0 Å². The average molecular weight is 336 g/mol. The third-order valence-corrected chi connectivity index (χ3v) is 1.94. The molecule has 0 bridgehead atoms. The molecule has 0 amide bonds. The van der Waals surface area contributed by atoms with Crippen LogP contribution in [0, 0.1) is 25.1 Å². The zero-order valence-corrected chi connectivity index (χ0v) is 11.2. The van der Waals surface area contributed by atoms with E-state index in [1.165, 1.54) is 29.6 Å². The van der Waals surface area contributed by atoms with Crippen molar-refractivity contribution in [2.75, 3.05) is 0 Å². The Bertz CT molecular complexity index is 516. The lowest BCUT2D eigenvalue weighted by atomic mass is 10.1. The van der Waals surface area contributed by atoms with Crippen LogP contribution in [-0.2, 0) is 11.2 Å². The molecule has 0 aromatic heterocycles. The van der Waals surface area contributed by atoms with Crippen LogP contribution in [0.2, 0.25) is 0 Å². The van der Waals surface area contributed by atoms with Crippen LogP contribution in [0.4, 0.5) is 0 Å². The maximum atomic E-state index is 10.7. The summed E-state index contributed by atoms with van der Waals surface area (Å²) in [5.74, 6) is -1.25. The summed E-state index contributed by atoms with van der Waals surface area (Å²) in [5, 5.41) is 48.5. The highest BCUT2D eigenvalue weighted by molar-refractivity contribution is 5.73. The van der Waals surface area contributed by atoms with Gasteiger partial charge < -0.3 is 20.6 Å². The highest BCUT2D eigenvalue weighted by Crippen LogP contribution is 2.11. The van der Waals surface area contributed by atoms with Crippen molar-refractivity contribution in [1.82, 2.24) is 5.43 Å². The van der Waals surface area contributed by atoms with E-state index in [2.05, 4.69) is 0 Å². The Kier molecular flexibility index (Phi) is 11.3. The molecule has 0 radical (unpaired) electrons. The summed E-state index contributed by atoms with van der Waals surface area (Å²) in [5.41, 5.74) is 2.29. The number of carboxylic acid groups (broad SMARTS) is 1. The van der Waals surface area contributed by atoms with Gasteiger partial charge in [-0.1, -0.05) is 12.1 Å². The SMILES string of the molecule is O=C(O)[C@H](Cc1ccc(O)cc1)N[N+](=O)[O-].O=NO.O=[N+]([O-])O. The zero-order valence-electron chi connectivity index (χ0n) is 11.2. The zero-order chi connectivity index (χ0) is 18.4. The number of nitrogens with zero attached hydrogens (tertiary/aromatic N) is 3. The number of nitrogens with one attached hydrogen (secondary N) is 1. The van der Waals surface area contributed by atoms with Gasteiger partial charge >= 0.3 is 5.97 Å². The predicted octanol–water partition coefficient (Wildman–Crippen LogP) is -0.0365. The van der Waals surface area contributed by atoms with E-state index in [4.69, 9.17) is 35.6 Å². The molecular formula is C9H12N4O10. The first-order valence-corrected chi connectivity index (χ1v) is 5.35. The lowest BCUT2D eigenvalue weighted by Crippen LogP contribution is -2.41. The number of hydrazine groups is 1. The summed E-state index contributed by atoms with van der Waals surface area (Å²) in [6.45, 7) is 0. The van der Waals surface area contributed by atoms with E-state index in [0.717, 1.165) is 0 Å². The number of carboxylic acids is 1. The minimum Gasteiger partial charge on any atom is -0.508 e. The molecule has 1 rings (SSSR count). The molecule has 0 unspecified atom stereocenters. The van der Waals surface area contributed by atoms with Crippen molar-refractivity contribution in [3.63, 3.8) is 0 Å². The first-order valence-electron chi connectivity index (χ1n) is 5.35. The number of hydrogen-bond acceptors (Lipinski definition) is 8. The van der Waals surface area contributed by atoms with Crippen molar-refractivity contribution < 1.29 is 35.5 Å². The minimum absolute atomic E-state index is 0.0312. The second kappa shape index (κ2) is 12.1. The third kappa shape index (κ3) is 14.5. The highest BCUT2D eigenvalue weighted by Gasteiger charge is 2.22. The minimum atomic E-state index is -1.50. The van der Waals surface area contributed by atoms with E-state index in [9.17, 15) is 14.9 Å². The Hall–Kier alpha value is -3.71. The number of phenolic OH excluding ortho intramolecular Hbond substituents is 1. The number of rotatable bonds is 5. The Morgan fingerprint density at radius 1 is 1.26 bits per heavy atom. The number of aromatic hydroxyl groups is 1. The van der Waals surface area contributed by atoms with Gasteiger partial charge in [0.25, 0.3) is 5.09 Å². The number of phenols is 1. The van der Waals surface area contributed by atoms with Crippen LogP contribution in [0.25, 0.3) is 0 Å². The molecule has 1 atom stereocenters. The summed E-state index contributed by atoms with van der Waals surface area (Å²) in [7, 11) is 0. The van der Waals surface area contributed by atoms with Gasteiger partial charge in [-0.25, -0.2) is 14.9 Å². The Morgan fingerprint density at radius 2 is 1.65 bits per heavy atom. The van der Waals surface area contributed by atoms with Gasteiger partial charge in [-0.3, -0.25) is 0 Å². The fourth-order valence-electron chi connectivity index (χ4n) is 1.18. The second-order valence-electron chi connectivity index (χ2n) is 3.47. The van der Waals surface area contributed by atoms with E-state index in [0.29, 0.717) is 5.56 Å². The number of nitro groups is 1. The van der Waals surface area contributed by atoms with Crippen LogP contribution in [0.1, 0.15) is 5.56 Å². The summed E-state index contributed by atoms with van der Waals surface area (Å²) in [6, 6.07) is 4.50. The van der Waals surface area contributed by atoms with E-state index in [1.807, 2.05) is 0 Å². The van der Waals surface area contributed by atoms with Crippen molar-refractivity contribution in [3.8, 4) is 5.75 Å². The average Bonchev–Trinajstić information content (AvgIpc) is 2.40. The molecule has 23 heavy (non-hydrogen) atoms. The molecule has 14 nitrogen and oxygen atoms in total. The molecule has 0 aliphatic heterocycles. The van der Waals surface area contributed by atoms with E-state index in [-0.39, 0.29) is 12.2 Å². The van der Waals surface area contributed by atoms with Crippen molar-refractivity contribution in [2.45, 2.75) is 12.5 Å². The smallest absolute Gasteiger partial charge is 0.332 e. The lowest BCUT2D eigenvalue weighted by Gasteiger charge is -2.08. The Labute approximate surface area is 126 Å². The van der Waals surface area contributed by atoms with Crippen molar-refractivity contribution >= 4 is 5.97 Å². The molecule has 5 N–H and O–H groups in total. The molecule has 14 heteroatoms. The molecule has 0 heterocycles. The summed E-state index contributed by atoms with van der Waals surface area (Å²) < 4.78 is 0. The van der Waals surface area contributed by atoms with Crippen LogP contribution in [0.3, 0.4) is 0 Å². The maximum absolute atomic E-state index is 10.7. The topological polar surface area (TPSA) is 226 Å². The van der Waals surface area contributed by atoms with Gasteiger partial charge in [0.1, 0.15) is 5.75 Å². The Morgan fingerprint density at radius 3 is 1.96 bits per heavy atom. The monoisotopic (exact) mass is 336 g/mol. The Balaban J connectivity index is 0. The molecule has 0 spiro atoms. The molecule has 0 saturated heterocycles. The molecule has 0 saturated carbocycles. The third-order valence-electron chi connectivity index (χ3n) is 1.94. The van der Waals surface area contributed by atoms with Crippen LogP contribution < -0.4 is 5.43 Å². The number of hydrogen-bond donors (Lipinski definition) is 5. The van der Waals surface area contributed by atoms with Crippen molar-refractivity contribution in [2.24, 2.45) is 5.34 Å². The number of benzene rings is 1. The van der Waals surface area contributed by atoms with Gasteiger partial charge in [0, 0.05) is 6.42 Å². The van der Waals surface area contributed by atoms with Gasteiger partial charge in [-0.05, 0) is 17.7 Å². The van der Waals surface area contributed by atoms with E-state index < -0.39 is 22.1 Å². The number of aliphatic carboxylic acids is 1. The predicted molar refractivity (Wildman–Crippen MR) is 69.7 cm³/mol. The van der Waals surface area contributed by atoms with Crippen molar-refractivity contribution in [1.29, 1.82) is 0 Å². The standard InChI is InChI=1S/C9H10N2O5.HNO3.HNO2/c12-7-3-1-6(2-4-7)5-8(9(13)14)10-11(15)16;2-1(3)4;2-1-3/h1-4,8,10,12H,5H2,(H,13,14);(H,2,3,4);(H,2,3)/t8-;;/m0../s1. The molecule has 1 aromatic carbocycles. The van der Waals surface area contributed by atoms with Gasteiger partial charge in [0.2, 0.25) is 0 Å². The summed E-state index contributed by atoms with van der Waals surface area (Å²) in [6.07, 6.45) is -0.0312. The van der Waals surface area contributed by atoms with Crippen LogP contribution >= 0.6 is 0 Å². The summed E-state index contributed by atoms with van der Waals surface area (Å²) in [4.78, 5) is 37.3. The molecule has 0 aliphatic carbocycles. The lowest BCUT2D eigenvalue weighted by molar-refractivity contribution is -0.742. The molecule has 128 valence electrons. The molecular weight excluding hydrogens is 324 g/mol. The van der Waals surface area contributed by atoms with Crippen LogP contribution in [-0.4, -0.2) is 42.8 Å². The fourth-order valence-corrected chi connectivity index (χ4v) is 1.18. The van der Waals surface area contributed by atoms with Crippen LogP contribution in [0.15, 0.2) is 29.6 Å².